The summed E-state index contributed by atoms with van der Waals surface area (Å²) in [5.41, 5.74) is 0.636. The number of imide groups is 1. The highest BCUT2D eigenvalue weighted by Gasteiger charge is 2.38. The SMILES string of the molecule is CC(C)(C)N1C(=O)Cc2ncccc2C1=O. The van der Waals surface area contributed by atoms with E-state index in [1.54, 1.807) is 18.3 Å². The van der Waals surface area contributed by atoms with E-state index in [9.17, 15) is 9.59 Å². The van der Waals surface area contributed by atoms with E-state index in [4.69, 9.17) is 0 Å². The molecule has 4 heteroatoms. The number of hydrogen-bond acceptors (Lipinski definition) is 3. The zero-order valence-electron chi connectivity index (χ0n) is 9.65. The fourth-order valence-electron chi connectivity index (χ4n) is 1.91. The molecule has 2 heterocycles. The summed E-state index contributed by atoms with van der Waals surface area (Å²) in [5, 5.41) is 0. The van der Waals surface area contributed by atoms with Gasteiger partial charge in [0.1, 0.15) is 0 Å². The number of nitrogens with zero attached hydrogens (tertiary/aromatic N) is 2. The fourth-order valence-corrected chi connectivity index (χ4v) is 1.91. The molecule has 0 fully saturated rings. The van der Waals surface area contributed by atoms with Crippen molar-refractivity contribution in [3.63, 3.8) is 0 Å². The van der Waals surface area contributed by atoms with Crippen LogP contribution in [0.25, 0.3) is 0 Å². The van der Waals surface area contributed by atoms with Crippen molar-refractivity contribution in [1.29, 1.82) is 0 Å². The lowest BCUT2D eigenvalue weighted by molar-refractivity contribution is -0.132. The Morgan fingerprint density at radius 1 is 1.31 bits per heavy atom. The number of amides is 2. The first-order valence-electron chi connectivity index (χ1n) is 5.22. The predicted molar refractivity (Wildman–Crippen MR) is 58.9 cm³/mol. The van der Waals surface area contributed by atoms with Gasteiger partial charge in [0.15, 0.2) is 0 Å². The molecule has 2 rings (SSSR count). The summed E-state index contributed by atoms with van der Waals surface area (Å²) in [7, 11) is 0. The van der Waals surface area contributed by atoms with Gasteiger partial charge in [-0.05, 0) is 32.9 Å². The average molecular weight is 218 g/mol. The van der Waals surface area contributed by atoms with Gasteiger partial charge in [0.05, 0.1) is 17.7 Å². The molecule has 1 aliphatic rings. The van der Waals surface area contributed by atoms with Gasteiger partial charge in [-0.1, -0.05) is 0 Å². The van der Waals surface area contributed by atoms with Crippen LogP contribution < -0.4 is 0 Å². The Bertz CT molecular complexity index is 460. The molecule has 1 aliphatic heterocycles. The number of hydrogen-bond donors (Lipinski definition) is 0. The van der Waals surface area contributed by atoms with Crippen molar-refractivity contribution in [3.8, 4) is 0 Å². The third kappa shape index (κ3) is 1.60. The van der Waals surface area contributed by atoms with Crippen LogP contribution in [-0.4, -0.2) is 27.2 Å². The molecule has 0 aliphatic carbocycles. The normalized spacial score (nSPS) is 16.3. The van der Waals surface area contributed by atoms with E-state index in [1.807, 2.05) is 20.8 Å². The molecule has 0 spiro atoms. The van der Waals surface area contributed by atoms with Gasteiger partial charge < -0.3 is 0 Å². The third-order valence-corrected chi connectivity index (χ3v) is 2.56. The van der Waals surface area contributed by atoms with Crippen molar-refractivity contribution in [3.05, 3.63) is 29.6 Å². The summed E-state index contributed by atoms with van der Waals surface area (Å²) in [5.74, 6) is -0.421. The molecule has 16 heavy (non-hydrogen) atoms. The van der Waals surface area contributed by atoms with Gasteiger partial charge >= 0.3 is 0 Å². The summed E-state index contributed by atoms with van der Waals surface area (Å²) in [6, 6.07) is 3.43. The average Bonchev–Trinajstić information content (AvgIpc) is 2.15. The molecule has 0 N–H and O–H groups in total. The van der Waals surface area contributed by atoms with Crippen LogP contribution in [0, 0.1) is 0 Å². The number of carbonyl (C=O) groups excluding carboxylic acids is 2. The zero-order valence-corrected chi connectivity index (χ0v) is 9.65. The quantitative estimate of drug-likeness (QED) is 0.618. The Morgan fingerprint density at radius 3 is 2.62 bits per heavy atom. The molecule has 4 nitrogen and oxygen atoms in total. The molecule has 0 unspecified atom stereocenters. The minimum atomic E-state index is -0.484. The van der Waals surface area contributed by atoms with Gasteiger partial charge in [0, 0.05) is 11.7 Å². The molecule has 0 radical (unpaired) electrons. The second-order valence-corrected chi connectivity index (χ2v) is 4.88. The first-order valence-corrected chi connectivity index (χ1v) is 5.22. The highest BCUT2D eigenvalue weighted by molar-refractivity contribution is 6.09. The summed E-state index contributed by atoms with van der Waals surface area (Å²) in [4.78, 5) is 29.4. The Morgan fingerprint density at radius 2 is 2.00 bits per heavy atom. The van der Waals surface area contributed by atoms with Crippen molar-refractivity contribution in [1.82, 2.24) is 9.88 Å². The van der Waals surface area contributed by atoms with Gasteiger partial charge in [-0.15, -0.1) is 0 Å². The first-order chi connectivity index (χ1) is 7.41. The molecular weight excluding hydrogens is 204 g/mol. The molecule has 1 aromatic heterocycles. The van der Waals surface area contributed by atoms with Crippen LogP contribution in [0.5, 0.6) is 0 Å². The lowest BCUT2D eigenvalue weighted by Gasteiger charge is -2.36. The van der Waals surface area contributed by atoms with E-state index in [1.165, 1.54) is 4.90 Å². The van der Waals surface area contributed by atoms with Crippen LogP contribution in [0.2, 0.25) is 0 Å². The van der Waals surface area contributed by atoms with Crippen LogP contribution in [0.3, 0.4) is 0 Å². The molecule has 0 atom stereocenters. The molecule has 0 saturated carbocycles. The topological polar surface area (TPSA) is 50.3 Å². The number of carbonyl (C=O) groups is 2. The van der Waals surface area contributed by atoms with E-state index >= 15 is 0 Å². The minimum Gasteiger partial charge on any atom is -0.274 e. The van der Waals surface area contributed by atoms with Crippen molar-refractivity contribution in [2.24, 2.45) is 0 Å². The molecule has 0 aromatic carbocycles. The Kier molecular flexibility index (Phi) is 2.30. The lowest BCUT2D eigenvalue weighted by Crippen LogP contribution is -2.52. The Hall–Kier alpha value is -1.71. The highest BCUT2D eigenvalue weighted by atomic mass is 16.2. The smallest absolute Gasteiger partial charge is 0.262 e. The second-order valence-electron chi connectivity index (χ2n) is 4.88. The first kappa shape index (κ1) is 10.8. The molecule has 1 aromatic rings. The van der Waals surface area contributed by atoms with Crippen molar-refractivity contribution in [2.75, 3.05) is 0 Å². The third-order valence-electron chi connectivity index (χ3n) is 2.56. The Balaban J connectivity index is 2.50. The van der Waals surface area contributed by atoms with Crippen molar-refractivity contribution >= 4 is 11.8 Å². The zero-order chi connectivity index (χ0) is 11.9. The highest BCUT2D eigenvalue weighted by Crippen LogP contribution is 2.24. The summed E-state index contributed by atoms with van der Waals surface area (Å²) >= 11 is 0. The van der Waals surface area contributed by atoms with E-state index in [-0.39, 0.29) is 18.2 Å². The van der Waals surface area contributed by atoms with E-state index < -0.39 is 5.54 Å². The largest absolute Gasteiger partial charge is 0.274 e. The molecule has 84 valence electrons. The number of aromatic nitrogens is 1. The minimum absolute atomic E-state index is 0.177. The van der Waals surface area contributed by atoms with Gasteiger partial charge in [0.2, 0.25) is 5.91 Å². The van der Waals surface area contributed by atoms with E-state index in [0.29, 0.717) is 11.3 Å². The van der Waals surface area contributed by atoms with Gasteiger partial charge in [-0.3, -0.25) is 19.5 Å². The lowest BCUT2D eigenvalue weighted by atomic mass is 9.97. The van der Waals surface area contributed by atoms with Crippen LogP contribution >= 0.6 is 0 Å². The fraction of sp³-hybridized carbons (Fsp3) is 0.417. The number of rotatable bonds is 0. The van der Waals surface area contributed by atoms with Crippen molar-refractivity contribution < 1.29 is 9.59 Å². The number of pyridine rings is 1. The summed E-state index contributed by atoms with van der Waals surface area (Å²) in [6.07, 6.45) is 1.81. The standard InChI is InChI=1S/C12H14N2O2/c1-12(2,3)14-10(15)7-9-8(11(14)16)5-4-6-13-9/h4-6H,7H2,1-3H3. The maximum Gasteiger partial charge on any atom is 0.262 e. The Labute approximate surface area is 94.3 Å². The summed E-state index contributed by atoms with van der Waals surface area (Å²) < 4.78 is 0. The van der Waals surface area contributed by atoms with Crippen LogP contribution in [0.4, 0.5) is 0 Å². The monoisotopic (exact) mass is 218 g/mol. The number of fused-ring (bicyclic) bond motifs is 1. The van der Waals surface area contributed by atoms with Crippen LogP contribution in [-0.2, 0) is 11.2 Å². The van der Waals surface area contributed by atoms with Gasteiger partial charge in [0.25, 0.3) is 5.91 Å². The predicted octanol–water partition coefficient (Wildman–Crippen LogP) is 1.41. The van der Waals surface area contributed by atoms with Gasteiger partial charge in [-0.25, -0.2) is 0 Å². The molecule has 0 saturated heterocycles. The maximum atomic E-state index is 12.1. The van der Waals surface area contributed by atoms with Crippen molar-refractivity contribution in [2.45, 2.75) is 32.7 Å². The molecule has 0 bridgehead atoms. The summed E-state index contributed by atoms with van der Waals surface area (Å²) in [6.45, 7) is 5.55. The maximum absolute atomic E-state index is 12.1. The van der Waals surface area contributed by atoms with E-state index in [2.05, 4.69) is 4.98 Å². The van der Waals surface area contributed by atoms with Crippen LogP contribution in [0.1, 0.15) is 36.8 Å². The van der Waals surface area contributed by atoms with Crippen LogP contribution in [0.15, 0.2) is 18.3 Å². The van der Waals surface area contributed by atoms with Gasteiger partial charge in [-0.2, -0.15) is 0 Å². The molecule has 2 amide bonds. The second kappa shape index (κ2) is 3.40. The molecular formula is C12H14N2O2. The van der Waals surface area contributed by atoms with E-state index in [0.717, 1.165) is 0 Å².